The van der Waals surface area contributed by atoms with Crippen LogP contribution in [0.5, 0.6) is 5.75 Å². The highest BCUT2D eigenvalue weighted by Crippen LogP contribution is 2.31. The molecule has 1 N–H and O–H groups in total. The van der Waals surface area contributed by atoms with Gasteiger partial charge >= 0.3 is 0 Å². The number of hydrogen-bond donors (Lipinski definition) is 1. The molecule has 0 aliphatic carbocycles. The lowest BCUT2D eigenvalue weighted by Crippen LogP contribution is -1.92. The topological polar surface area (TPSA) is 57.9 Å². The number of nitriles is 1. The smallest absolute Gasteiger partial charge is 0.136 e. The number of ether oxygens (including phenoxy) is 1. The van der Waals surface area contributed by atoms with E-state index in [1.54, 1.807) is 31.5 Å². The van der Waals surface area contributed by atoms with Crippen LogP contribution in [0.4, 0.5) is 5.69 Å². The Morgan fingerprint density at radius 3 is 2.69 bits per heavy atom. The van der Waals surface area contributed by atoms with Crippen molar-refractivity contribution in [3.8, 4) is 23.1 Å². The van der Waals surface area contributed by atoms with Crippen LogP contribution in [0.2, 0.25) is 10.0 Å². The number of aromatic nitrogens is 1. The third-order valence-corrected chi connectivity index (χ3v) is 5.26. The lowest BCUT2D eigenvalue weighted by molar-refractivity contribution is 0.415. The van der Waals surface area contributed by atoms with Gasteiger partial charge in [-0.1, -0.05) is 29.3 Å². The first-order valence-corrected chi connectivity index (χ1v) is 9.17. The lowest BCUT2D eigenvalue weighted by atomic mass is 10.2. The molecule has 3 aromatic rings. The van der Waals surface area contributed by atoms with E-state index in [1.165, 1.54) is 11.3 Å². The molecule has 0 saturated heterocycles. The van der Waals surface area contributed by atoms with Crippen LogP contribution in [0.15, 0.2) is 54.0 Å². The van der Waals surface area contributed by atoms with Crippen LogP contribution < -0.4 is 10.1 Å². The van der Waals surface area contributed by atoms with E-state index in [0.29, 0.717) is 26.3 Å². The van der Waals surface area contributed by atoms with E-state index in [1.807, 2.05) is 29.6 Å². The molecule has 0 atom stereocenters. The van der Waals surface area contributed by atoms with E-state index >= 15 is 0 Å². The Morgan fingerprint density at radius 1 is 1.23 bits per heavy atom. The average molecular weight is 402 g/mol. The molecule has 0 unspecified atom stereocenters. The average Bonchev–Trinajstić information content (AvgIpc) is 3.15. The zero-order valence-corrected chi connectivity index (χ0v) is 16.0. The molecule has 26 heavy (non-hydrogen) atoms. The van der Waals surface area contributed by atoms with E-state index in [2.05, 4.69) is 16.4 Å². The molecule has 0 aliphatic rings. The molecular weight excluding hydrogens is 389 g/mol. The number of allylic oxidation sites excluding steroid dienone is 1. The minimum atomic E-state index is 0.403. The minimum Gasteiger partial charge on any atom is -0.497 e. The van der Waals surface area contributed by atoms with Gasteiger partial charge in [-0.25, -0.2) is 4.98 Å². The second-order valence-corrected chi connectivity index (χ2v) is 6.83. The van der Waals surface area contributed by atoms with Crippen LogP contribution in [0.1, 0.15) is 5.01 Å². The summed E-state index contributed by atoms with van der Waals surface area (Å²) >= 11 is 13.5. The Kier molecular flexibility index (Phi) is 5.79. The van der Waals surface area contributed by atoms with Gasteiger partial charge < -0.3 is 10.1 Å². The number of anilines is 1. The summed E-state index contributed by atoms with van der Waals surface area (Å²) in [6, 6.07) is 15.0. The Labute approximate surface area is 165 Å². The van der Waals surface area contributed by atoms with Crippen molar-refractivity contribution >= 4 is 45.8 Å². The lowest BCUT2D eigenvalue weighted by Gasteiger charge is -2.05. The maximum atomic E-state index is 9.46. The summed E-state index contributed by atoms with van der Waals surface area (Å²) in [6.45, 7) is 0. The number of hydrogen-bond acceptors (Lipinski definition) is 5. The molecule has 0 bridgehead atoms. The monoisotopic (exact) mass is 401 g/mol. The highest BCUT2D eigenvalue weighted by Gasteiger charge is 2.10. The standard InChI is InChI=1S/C19H13Cl2N3OS/c1-25-14-7-5-12(6-8-14)17-11-26-19(24-17)13(9-22)10-23-16-4-2-3-15(20)18(16)21/h2-8,10-11,23H,1H3/b13-10+. The van der Waals surface area contributed by atoms with Gasteiger partial charge in [0.25, 0.3) is 0 Å². The van der Waals surface area contributed by atoms with Gasteiger partial charge in [0.15, 0.2) is 0 Å². The second-order valence-electron chi connectivity index (χ2n) is 5.18. The molecule has 1 aromatic heterocycles. The van der Waals surface area contributed by atoms with Crippen molar-refractivity contribution in [2.75, 3.05) is 12.4 Å². The summed E-state index contributed by atoms with van der Waals surface area (Å²) in [4.78, 5) is 4.55. The summed E-state index contributed by atoms with van der Waals surface area (Å²) in [5.74, 6) is 0.782. The normalized spacial score (nSPS) is 11.1. The highest BCUT2D eigenvalue weighted by atomic mass is 35.5. The van der Waals surface area contributed by atoms with Crippen LogP contribution in [0.3, 0.4) is 0 Å². The van der Waals surface area contributed by atoms with Crippen molar-refractivity contribution in [3.63, 3.8) is 0 Å². The Balaban J connectivity index is 1.83. The predicted octanol–water partition coefficient (Wildman–Crippen LogP) is 6.10. The molecule has 0 radical (unpaired) electrons. The molecule has 0 aliphatic heterocycles. The van der Waals surface area contributed by atoms with Gasteiger partial charge in [0.05, 0.1) is 28.5 Å². The number of nitrogens with one attached hydrogen (secondary N) is 1. The first-order valence-electron chi connectivity index (χ1n) is 7.53. The predicted molar refractivity (Wildman–Crippen MR) is 108 cm³/mol. The summed E-state index contributed by atoms with van der Waals surface area (Å²) in [5, 5.41) is 15.9. The van der Waals surface area contributed by atoms with Crippen LogP contribution in [-0.4, -0.2) is 12.1 Å². The number of rotatable bonds is 5. The van der Waals surface area contributed by atoms with Crippen LogP contribution in [0, 0.1) is 11.3 Å². The van der Waals surface area contributed by atoms with E-state index in [9.17, 15) is 5.26 Å². The molecule has 130 valence electrons. The quantitative estimate of drug-likeness (QED) is 0.524. The third kappa shape index (κ3) is 4.00. The molecule has 0 amide bonds. The number of nitrogens with zero attached hydrogens (tertiary/aromatic N) is 2. The fourth-order valence-electron chi connectivity index (χ4n) is 2.20. The summed E-state index contributed by atoms with van der Waals surface area (Å²) < 4.78 is 5.16. The summed E-state index contributed by atoms with van der Waals surface area (Å²) in [6.07, 6.45) is 1.58. The van der Waals surface area contributed by atoms with Gasteiger partial charge in [0.1, 0.15) is 22.4 Å². The molecule has 7 heteroatoms. The molecule has 0 fully saturated rings. The number of benzene rings is 2. The van der Waals surface area contributed by atoms with E-state index in [0.717, 1.165) is 17.0 Å². The Morgan fingerprint density at radius 2 is 2.00 bits per heavy atom. The zero-order chi connectivity index (χ0) is 18.5. The van der Waals surface area contributed by atoms with Gasteiger partial charge in [-0.05, 0) is 36.4 Å². The molecule has 2 aromatic carbocycles. The van der Waals surface area contributed by atoms with Crippen LogP contribution in [0.25, 0.3) is 16.8 Å². The SMILES string of the molecule is COc1ccc(-c2csc(/C(C#N)=C/Nc3cccc(Cl)c3Cl)n2)cc1. The van der Waals surface area contributed by atoms with Gasteiger partial charge in [-0.15, -0.1) is 11.3 Å². The van der Waals surface area contributed by atoms with Crippen molar-refractivity contribution in [1.29, 1.82) is 5.26 Å². The number of methoxy groups -OCH3 is 1. The molecule has 3 rings (SSSR count). The second kappa shape index (κ2) is 8.24. The minimum absolute atomic E-state index is 0.403. The molecule has 0 saturated carbocycles. The van der Waals surface area contributed by atoms with Crippen LogP contribution in [-0.2, 0) is 0 Å². The summed E-state index contributed by atoms with van der Waals surface area (Å²) in [5.41, 5.74) is 2.79. The van der Waals surface area contributed by atoms with Crippen LogP contribution >= 0.6 is 34.5 Å². The van der Waals surface area contributed by atoms with Gasteiger partial charge in [0, 0.05) is 17.1 Å². The maximum Gasteiger partial charge on any atom is 0.136 e. The van der Waals surface area contributed by atoms with E-state index in [-0.39, 0.29) is 0 Å². The van der Waals surface area contributed by atoms with Gasteiger partial charge in [-0.3, -0.25) is 0 Å². The number of thiazole rings is 1. The molecule has 0 spiro atoms. The largest absolute Gasteiger partial charge is 0.497 e. The van der Waals surface area contributed by atoms with E-state index < -0.39 is 0 Å². The zero-order valence-electron chi connectivity index (χ0n) is 13.7. The fourth-order valence-corrected chi connectivity index (χ4v) is 3.35. The Bertz CT molecular complexity index is 991. The van der Waals surface area contributed by atoms with Crippen molar-refractivity contribution < 1.29 is 4.74 Å². The van der Waals surface area contributed by atoms with Gasteiger partial charge in [-0.2, -0.15) is 5.26 Å². The van der Waals surface area contributed by atoms with Crippen molar-refractivity contribution in [2.45, 2.75) is 0 Å². The van der Waals surface area contributed by atoms with Gasteiger partial charge in [0.2, 0.25) is 0 Å². The fraction of sp³-hybridized carbons (Fsp3) is 0.0526. The van der Waals surface area contributed by atoms with E-state index in [4.69, 9.17) is 27.9 Å². The highest BCUT2D eigenvalue weighted by molar-refractivity contribution is 7.11. The summed E-state index contributed by atoms with van der Waals surface area (Å²) in [7, 11) is 1.62. The third-order valence-electron chi connectivity index (χ3n) is 3.56. The molecular formula is C19H13Cl2N3OS. The van der Waals surface area contributed by atoms with Crippen molar-refractivity contribution in [3.05, 3.63) is 69.1 Å². The number of halogens is 2. The Hall–Kier alpha value is -2.52. The van der Waals surface area contributed by atoms with Crippen molar-refractivity contribution in [1.82, 2.24) is 4.98 Å². The first kappa shape index (κ1) is 18.3. The molecule has 1 heterocycles. The van der Waals surface area contributed by atoms with Crippen molar-refractivity contribution in [2.24, 2.45) is 0 Å². The molecule has 4 nitrogen and oxygen atoms in total. The maximum absolute atomic E-state index is 9.46. The first-order chi connectivity index (χ1) is 12.6.